The number of aryl methyl sites for hydroxylation is 2. The Kier molecular flexibility index (Phi) is 7.72. The molecule has 172 valence electrons. The van der Waals surface area contributed by atoms with E-state index < -0.39 is 6.17 Å². The third kappa shape index (κ3) is 5.92. The molecule has 0 saturated carbocycles. The first-order chi connectivity index (χ1) is 15.8. The molecular formula is C27H30N2O4. The number of methoxy groups -OCH3 is 1. The minimum Gasteiger partial charge on any atom is -0.493 e. The highest BCUT2D eigenvalue weighted by Crippen LogP contribution is 2.31. The SMILES string of the molecule is COc1ccc(C(NC(=O)c2ccccc2C)NC(=O)c2ccccc2C)cc1OC(C)C. The topological polar surface area (TPSA) is 76.7 Å². The highest BCUT2D eigenvalue weighted by molar-refractivity contribution is 5.98. The molecule has 0 aliphatic carbocycles. The van der Waals surface area contributed by atoms with E-state index in [1.54, 1.807) is 37.4 Å². The molecule has 0 saturated heterocycles. The van der Waals surface area contributed by atoms with Crippen LogP contribution in [0.15, 0.2) is 66.7 Å². The molecule has 6 nitrogen and oxygen atoms in total. The molecule has 0 fully saturated rings. The van der Waals surface area contributed by atoms with E-state index in [0.29, 0.717) is 28.2 Å². The van der Waals surface area contributed by atoms with Crippen molar-refractivity contribution in [1.82, 2.24) is 10.6 Å². The van der Waals surface area contributed by atoms with E-state index >= 15 is 0 Å². The summed E-state index contributed by atoms with van der Waals surface area (Å²) in [5.41, 5.74) is 3.44. The Hall–Kier alpha value is -3.80. The maximum atomic E-state index is 13.1. The average molecular weight is 447 g/mol. The summed E-state index contributed by atoms with van der Waals surface area (Å²) in [6, 6.07) is 20.0. The zero-order chi connectivity index (χ0) is 24.0. The van der Waals surface area contributed by atoms with Gasteiger partial charge in [-0.15, -0.1) is 0 Å². The summed E-state index contributed by atoms with van der Waals surface area (Å²) in [6.07, 6.45) is -0.861. The Morgan fingerprint density at radius 3 is 1.73 bits per heavy atom. The van der Waals surface area contributed by atoms with Crippen molar-refractivity contribution in [3.8, 4) is 11.5 Å². The first-order valence-electron chi connectivity index (χ1n) is 10.9. The van der Waals surface area contributed by atoms with Gasteiger partial charge in [-0.05, 0) is 68.7 Å². The molecule has 0 aliphatic heterocycles. The van der Waals surface area contributed by atoms with E-state index in [4.69, 9.17) is 9.47 Å². The van der Waals surface area contributed by atoms with Gasteiger partial charge in [0.05, 0.1) is 13.2 Å². The molecule has 0 aliphatic rings. The lowest BCUT2D eigenvalue weighted by molar-refractivity contribution is 0.0882. The Balaban J connectivity index is 1.98. The summed E-state index contributed by atoms with van der Waals surface area (Å²) in [4.78, 5) is 26.2. The number of carbonyl (C=O) groups excluding carboxylic acids is 2. The Labute approximate surface area is 194 Å². The third-order valence-electron chi connectivity index (χ3n) is 5.21. The highest BCUT2D eigenvalue weighted by Gasteiger charge is 2.22. The van der Waals surface area contributed by atoms with Crippen molar-refractivity contribution in [2.24, 2.45) is 0 Å². The van der Waals surface area contributed by atoms with Crippen molar-refractivity contribution in [3.05, 3.63) is 94.5 Å². The van der Waals surface area contributed by atoms with Gasteiger partial charge in [0.15, 0.2) is 11.5 Å². The number of hydrogen-bond donors (Lipinski definition) is 2. The smallest absolute Gasteiger partial charge is 0.253 e. The maximum Gasteiger partial charge on any atom is 0.253 e. The van der Waals surface area contributed by atoms with Crippen LogP contribution in [-0.2, 0) is 0 Å². The second kappa shape index (κ2) is 10.7. The second-order valence-electron chi connectivity index (χ2n) is 8.09. The lowest BCUT2D eigenvalue weighted by atomic mass is 10.1. The predicted octanol–water partition coefficient (Wildman–Crippen LogP) is 4.96. The van der Waals surface area contributed by atoms with Crippen molar-refractivity contribution in [2.45, 2.75) is 40.0 Å². The lowest BCUT2D eigenvalue weighted by Crippen LogP contribution is -2.41. The van der Waals surface area contributed by atoms with Crippen LogP contribution >= 0.6 is 0 Å². The van der Waals surface area contributed by atoms with E-state index in [0.717, 1.165) is 11.1 Å². The van der Waals surface area contributed by atoms with Crippen molar-refractivity contribution < 1.29 is 19.1 Å². The summed E-state index contributed by atoms with van der Waals surface area (Å²) in [5.74, 6) is 0.530. The monoisotopic (exact) mass is 446 g/mol. The minimum absolute atomic E-state index is 0.0734. The predicted molar refractivity (Wildman–Crippen MR) is 129 cm³/mol. The van der Waals surface area contributed by atoms with Crippen LogP contribution in [0.5, 0.6) is 11.5 Å². The molecule has 0 aromatic heterocycles. The average Bonchev–Trinajstić information content (AvgIpc) is 2.78. The summed E-state index contributed by atoms with van der Waals surface area (Å²) < 4.78 is 11.3. The molecule has 6 heteroatoms. The summed E-state index contributed by atoms with van der Waals surface area (Å²) in [7, 11) is 1.57. The van der Waals surface area contributed by atoms with Crippen LogP contribution in [0.4, 0.5) is 0 Å². The molecule has 0 bridgehead atoms. The van der Waals surface area contributed by atoms with Crippen LogP contribution in [0, 0.1) is 13.8 Å². The van der Waals surface area contributed by atoms with Crippen LogP contribution in [0.2, 0.25) is 0 Å². The largest absolute Gasteiger partial charge is 0.493 e. The zero-order valence-electron chi connectivity index (χ0n) is 19.6. The minimum atomic E-state index is -0.787. The molecule has 0 unspecified atom stereocenters. The highest BCUT2D eigenvalue weighted by atomic mass is 16.5. The number of hydrogen-bond acceptors (Lipinski definition) is 4. The van der Waals surface area contributed by atoms with Crippen LogP contribution in [0.25, 0.3) is 0 Å². The molecular weight excluding hydrogens is 416 g/mol. The van der Waals surface area contributed by atoms with Crippen molar-refractivity contribution >= 4 is 11.8 Å². The van der Waals surface area contributed by atoms with Crippen LogP contribution in [0.3, 0.4) is 0 Å². The van der Waals surface area contributed by atoms with Crippen molar-refractivity contribution in [3.63, 3.8) is 0 Å². The summed E-state index contributed by atoms with van der Waals surface area (Å²) >= 11 is 0. The fourth-order valence-electron chi connectivity index (χ4n) is 3.49. The van der Waals surface area contributed by atoms with Gasteiger partial charge >= 0.3 is 0 Å². The molecule has 0 spiro atoms. The second-order valence-corrected chi connectivity index (χ2v) is 8.09. The molecule has 3 rings (SSSR count). The van der Waals surface area contributed by atoms with Gasteiger partial charge in [-0.3, -0.25) is 9.59 Å². The van der Waals surface area contributed by atoms with E-state index in [1.165, 1.54) is 0 Å². The third-order valence-corrected chi connectivity index (χ3v) is 5.21. The van der Waals surface area contributed by atoms with Gasteiger partial charge in [0.1, 0.15) is 6.17 Å². The Morgan fingerprint density at radius 2 is 1.27 bits per heavy atom. The quantitative estimate of drug-likeness (QED) is 0.480. The molecule has 0 radical (unpaired) electrons. The molecule has 2 N–H and O–H groups in total. The number of rotatable bonds is 8. The van der Waals surface area contributed by atoms with Gasteiger partial charge in [-0.25, -0.2) is 0 Å². The number of carbonyl (C=O) groups is 2. The molecule has 3 aromatic rings. The molecule has 33 heavy (non-hydrogen) atoms. The van der Waals surface area contributed by atoms with Gasteiger partial charge in [-0.1, -0.05) is 42.5 Å². The van der Waals surface area contributed by atoms with Crippen molar-refractivity contribution in [2.75, 3.05) is 7.11 Å². The summed E-state index contributed by atoms with van der Waals surface area (Å²) in [5, 5.41) is 5.92. The van der Waals surface area contributed by atoms with Gasteiger partial charge in [0, 0.05) is 11.1 Å². The number of amides is 2. The van der Waals surface area contributed by atoms with E-state index in [1.807, 2.05) is 64.1 Å². The molecule has 0 atom stereocenters. The fourth-order valence-corrected chi connectivity index (χ4v) is 3.49. The first-order valence-corrected chi connectivity index (χ1v) is 10.9. The fraction of sp³-hybridized carbons (Fsp3) is 0.259. The Bertz CT molecular complexity index is 1080. The number of benzene rings is 3. The number of nitrogens with one attached hydrogen (secondary N) is 2. The van der Waals surface area contributed by atoms with Crippen molar-refractivity contribution in [1.29, 1.82) is 0 Å². The van der Waals surface area contributed by atoms with Crippen LogP contribution < -0.4 is 20.1 Å². The van der Waals surface area contributed by atoms with Gasteiger partial charge < -0.3 is 20.1 Å². The lowest BCUT2D eigenvalue weighted by Gasteiger charge is -2.23. The normalized spacial score (nSPS) is 10.8. The van der Waals surface area contributed by atoms with Gasteiger partial charge in [0.2, 0.25) is 0 Å². The number of ether oxygens (including phenoxy) is 2. The van der Waals surface area contributed by atoms with E-state index in [2.05, 4.69) is 10.6 Å². The first kappa shape index (κ1) is 23.9. The molecule has 2 amide bonds. The summed E-state index contributed by atoms with van der Waals surface area (Å²) in [6.45, 7) is 7.59. The zero-order valence-corrected chi connectivity index (χ0v) is 19.6. The standard InChI is InChI=1S/C27H30N2O4/c1-17(2)33-24-16-20(14-15-23(24)32-5)25(28-26(30)21-12-8-6-10-18(21)3)29-27(31)22-13-9-7-11-19(22)4/h6-17,25H,1-5H3,(H,28,30)(H,29,31). The van der Waals surface area contributed by atoms with Gasteiger partial charge in [-0.2, -0.15) is 0 Å². The molecule has 0 heterocycles. The Morgan fingerprint density at radius 1 is 0.758 bits per heavy atom. The van der Waals surface area contributed by atoms with Crippen LogP contribution in [-0.4, -0.2) is 25.0 Å². The van der Waals surface area contributed by atoms with E-state index in [-0.39, 0.29) is 17.9 Å². The molecule has 3 aromatic carbocycles. The van der Waals surface area contributed by atoms with E-state index in [9.17, 15) is 9.59 Å². The van der Waals surface area contributed by atoms with Gasteiger partial charge in [0.25, 0.3) is 11.8 Å². The van der Waals surface area contributed by atoms with Crippen LogP contribution in [0.1, 0.15) is 57.4 Å². The maximum absolute atomic E-state index is 13.1.